The number of fused-ring (bicyclic) bond motifs is 2. The Morgan fingerprint density at radius 1 is 0.784 bits per heavy atom. The fourth-order valence-corrected chi connectivity index (χ4v) is 6.69. The van der Waals surface area contributed by atoms with Gasteiger partial charge in [0.15, 0.2) is 0 Å². The number of carbonyl (C=O) groups is 2. The summed E-state index contributed by atoms with van der Waals surface area (Å²) < 4.78 is 0. The van der Waals surface area contributed by atoms with E-state index in [1.807, 2.05) is 69.7 Å². The molecule has 0 spiro atoms. The molecular weight excluding hydrogens is 478 g/mol. The standard InChI is InChI=1S/C31H31N3O2S/c35-29(22-34-18-14-28-27(15-21-37-28)30(34)24-9-2-1-3-10-24)32-16-7-17-33(20-19-32)31(36)26-13-6-11-23-8-4-5-12-25(23)26/h1-6,8-13,15,21,30H,7,14,16-20,22H2. The van der Waals surface area contributed by atoms with E-state index in [0.29, 0.717) is 32.7 Å². The lowest BCUT2D eigenvalue weighted by Crippen LogP contribution is -2.45. The number of thiophene rings is 1. The van der Waals surface area contributed by atoms with E-state index in [9.17, 15) is 9.59 Å². The molecular formula is C31H31N3O2S. The second kappa shape index (κ2) is 10.5. The van der Waals surface area contributed by atoms with Gasteiger partial charge in [0, 0.05) is 43.2 Å². The minimum atomic E-state index is 0.0521. The Labute approximate surface area is 221 Å². The molecule has 0 radical (unpaired) electrons. The van der Waals surface area contributed by atoms with Crippen molar-refractivity contribution in [3.05, 3.63) is 106 Å². The second-order valence-electron chi connectivity index (χ2n) is 9.89. The maximum Gasteiger partial charge on any atom is 0.254 e. The van der Waals surface area contributed by atoms with Crippen LogP contribution in [-0.4, -0.2) is 65.8 Å². The number of rotatable bonds is 4. The summed E-state index contributed by atoms with van der Waals surface area (Å²) in [5.74, 6) is 0.204. The van der Waals surface area contributed by atoms with Crippen molar-refractivity contribution in [2.75, 3.05) is 39.3 Å². The maximum atomic E-state index is 13.6. The van der Waals surface area contributed by atoms with Crippen LogP contribution in [0.25, 0.3) is 10.8 Å². The topological polar surface area (TPSA) is 43.9 Å². The van der Waals surface area contributed by atoms with Crippen LogP contribution in [0.2, 0.25) is 0 Å². The summed E-state index contributed by atoms with van der Waals surface area (Å²) in [6.45, 7) is 3.75. The zero-order valence-electron chi connectivity index (χ0n) is 20.9. The molecule has 1 atom stereocenters. The predicted molar refractivity (Wildman–Crippen MR) is 149 cm³/mol. The second-order valence-corrected chi connectivity index (χ2v) is 10.9. The van der Waals surface area contributed by atoms with Gasteiger partial charge in [-0.1, -0.05) is 66.7 Å². The molecule has 4 aromatic rings. The smallest absolute Gasteiger partial charge is 0.254 e. The van der Waals surface area contributed by atoms with E-state index in [2.05, 4.69) is 40.6 Å². The normalized spacial score (nSPS) is 18.4. The Hall–Kier alpha value is -3.48. The van der Waals surface area contributed by atoms with Crippen molar-refractivity contribution in [2.45, 2.75) is 18.9 Å². The zero-order valence-corrected chi connectivity index (χ0v) is 21.7. The number of hydrogen-bond donors (Lipinski definition) is 0. The molecule has 6 rings (SSSR count). The van der Waals surface area contributed by atoms with E-state index < -0.39 is 0 Å². The fourth-order valence-electron chi connectivity index (χ4n) is 5.79. The van der Waals surface area contributed by atoms with Crippen LogP contribution in [-0.2, 0) is 11.2 Å². The van der Waals surface area contributed by atoms with Crippen molar-refractivity contribution in [1.29, 1.82) is 0 Å². The number of nitrogens with zero attached hydrogens (tertiary/aromatic N) is 3. The van der Waals surface area contributed by atoms with Crippen molar-refractivity contribution >= 4 is 33.9 Å². The van der Waals surface area contributed by atoms with Crippen LogP contribution in [0.4, 0.5) is 0 Å². The highest BCUT2D eigenvalue weighted by Gasteiger charge is 2.32. The summed E-state index contributed by atoms with van der Waals surface area (Å²) in [6, 6.07) is 26.8. The van der Waals surface area contributed by atoms with Gasteiger partial charge >= 0.3 is 0 Å². The molecule has 1 unspecified atom stereocenters. The molecule has 1 aromatic heterocycles. The number of hydrogen-bond acceptors (Lipinski definition) is 4. The lowest BCUT2D eigenvalue weighted by atomic mass is 9.93. The van der Waals surface area contributed by atoms with Gasteiger partial charge in [0.1, 0.15) is 0 Å². The van der Waals surface area contributed by atoms with Crippen molar-refractivity contribution in [3.63, 3.8) is 0 Å². The molecule has 1 fully saturated rings. The highest BCUT2D eigenvalue weighted by Crippen LogP contribution is 2.37. The highest BCUT2D eigenvalue weighted by atomic mass is 32.1. The van der Waals surface area contributed by atoms with Gasteiger partial charge in [-0.05, 0) is 52.3 Å². The third kappa shape index (κ3) is 4.79. The Balaban J connectivity index is 1.15. The van der Waals surface area contributed by atoms with Crippen LogP contribution < -0.4 is 0 Å². The fraction of sp³-hybridized carbons (Fsp3) is 0.290. The summed E-state index contributed by atoms with van der Waals surface area (Å²) in [4.78, 5) is 34.7. The molecule has 2 aliphatic rings. The van der Waals surface area contributed by atoms with Crippen LogP contribution in [0.5, 0.6) is 0 Å². The Morgan fingerprint density at radius 3 is 2.43 bits per heavy atom. The lowest BCUT2D eigenvalue weighted by molar-refractivity contribution is -0.132. The molecule has 1 saturated heterocycles. The largest absolute Gasteiger partial charge is 0.340 e. The molecule has 6 heteroatoms. The van der Waals surface area contributed by atoms with E-state index in [1.54, 1.807) is 0 Å². The minimum Gasteiger partial charge on any atom is -0.340 e. The molecule has 3 aromatic carbocycles. The summed E-state index contributed by atoms with van der Waals surface area (Å²) in [7, 11) is 0. The van der Waals surface area contributed by atoms with E-state index >= 15 is 0 Å². The molecule has 37 heavy (non-hydrogen) atoms. The van der Waals surface area contributed by atoms with Gasteiger partial charge in [-0.15, -0.1) is 11.3 Å². The van der Waals surface area contributed by atoms with Gasteiger partial charge in [0.25, 0.3) is 5.91 Å². The van der Waals surface area contributed by atoms with Gasteiger partial charge < -0.3 is 9.80 Å². The molecule has 2 amide bonds. The average Bonchev–Trinajstić information content (AvgIpc) is 3.28. The Kier molecular flexibility index (Phi) is 6.77. The molecule has 3 heterocycles. The molecule has 0 aliphatic carbocycles. The lowest BCUT2D eigenvalue weighted by Gasteiger charge is -2.37. The Bertz CT molecular complexity index is 1410. The van der Waals surface area contributed by atoms with Crippen molar-refractivity contribution < 1.29 is 9.59 Å². The van der Waals surface area contributed by atoms with Crippen LogP contribution in [0.1, 0.15) is 38.8 Å². The third-order valence-electron chi connectivity index (χ3n) is 7.68. The summed E-state index contributed by atoms with van der Waals surface area (Å²) in [5.41, 5.74) is 3.30. The van der Waals surface area contributed by atoms with Gasteiger partial charge in [0.05, 0.1) is 12.6 Å². The molecule has 0 bridgehead atoms. The van der Waals surface area contributed by atoms with Crippen LogP contribution >= 0.6 is 11.3 Å². The van der Waals surface area contributed by atoms with Crippen LogP contribution in [0.3, 0.4) is 0 Å². The third-order valence-corrected chi connectivity index (χ3v) is 8.67. The SMILES string of the molecule is O=C(CN1CCc2sccc2C1c1ccccc1)N1CCCN(C(=O)c2cccc3ccccc23)CC1. The monoisotopic (exact) mass is 509 g/mol. The first kappa shape index (κ1) is 23.9. The zero-order chi connectivity index (χ0) is 25.2. The molecule has 0 N–H and O–H groups in total. The predicted octanol–water partition coefficient (Wildman–Crippen LogP) is 5.22. The van der Waals surface area contributed by atoms with E-state index in [1.165, 1.54) is 16.0 Å². The quantitative estimate of drug-likeness (QED) is 0.379. The molecule has 188 valence electrons. The van der Waals surface area contributed by atoms with Crippen LogP contribution in [0.15, 0.2) is 84.2 Å². The first-order chi connectivity index (χ1) is 18.2. The van der Waals surface area contributed by atoms with Gasteiger partial charge in [0.2, 0.25) is 5.91 Å². The Morgan fingerprint density at radius 2 is 1.54 bits per heavy atom. The number of benzene rings is 3. The summed E-state index contributed by atoms with van der Waals surface area (Å²) in [6.07, 6.45) is 1.77. The first-order valence-corrected chi connectivity index (χ1v) is 14.0. The van der Waals surface area contributed by atoms with E-state index in [-0.39, 0.29) is 17.9 Å². The summed E-state index contributed by atoms with van der Waals surface area (Å²) in [5, 5.41) is 4.22. The van der Waals surface area contributed by atoms with Crippen molar-refractivity contribution in [2.24, 2.45) is 0 Å². The van der Waals surface area contributed by atoms with Crippen molar-refractivity contribution in [3.8, 4) is 0 Å². The molecule has 5 nitrogen and oxygen atoms in total. The van der Waals surface area contributed by atoms with Crippen LogP contribution in [0, 0.1) is 0 Å². The van der Waals surface area contributed by atoms with Gasteiger partial charge in [-0.3, -0.25) is 14.5 Å². The number of carbonyl (C=O) groups excluding carboxylic acids is 2. The van der Waals surface area contributed by atoms with E-state index in [4.69, 9.17) is 0 Å². The van der Waals surface area contributed by atoms with Gasteiger partial charge in [-0.25, -0.2) is 0 Å². The maximum absolute atomic E-state index is 13.6. The molecule has 2 aliphatic heterocycles. The van der Waals surface area contributed by atoms with Gasteiger partial charge in [-0.2, -0.15) is 0 Å². The summed E-state index contributed by atoms with van der Waals surface area (Å²) >= 11 is 1.82. The van der Waals surface area contributed by atoms with Crippen molar-refractivity contribution in [1.82, 2.24) is 14.7 Å². The van der Waals surface area contributed by atoms with E-state index in [0.717, 1.165) is 35.7 Å². The molecule has 0 saturated carbocycles. The minimum absolute atomic E-state index is 0.0521. The number of amides is 2. The first-order valence-electron chi connectivity index (χ1n) is 13.1. The average molecular weight is 510 g/mol. The highest BCUT2D eigenvalue weighted by molar-refractivity contribution is 7.10.